The molecule has 0 saturated heterocycles. The van der Waals surface area contributed by atoms with Crippen molar-refractivity contribution in [3.8, 4) is 0 Å². The monoisotopic (exact) mass is 264 g/mol. The molecule has 3 nitrogen and oxygen atoms in total. The number of pyridine rings is 2. The number of para-hydroxylation sites is 1. The molecule has 3 heteroatoms. The SMILES string of the molecule is OC(CCc1ccncc1)c1cnc2ccccc2c1. The fourth-order valence-electron chi connectivity index (χ4n) is 2.29. The van der Waals surface area contributed by atoms with Gasteiger partial charge >= 0.3 is 0 Å². The van der Waals surface area contributed by atoms with Crippen molar-refractivity contribution in [3.63, 3.8) is 0 Å². The Hall–Kier alpha value is -2.26. The molecule has 0 radical (unpaired) electrons. The van der Waals surface area contributed by atoms with Crippen LogP contribution in [0.4, 0.5) is 0 Å². The second-order valence-corrected chi connectivity index (χ2v) is 4.87. The molecule has 1 aromatic carbocycles. The van der Waals surface area contributed by atoms with Gasteiger partial charge in [0.15, 0.2) is 0 Å². The molecule has 1 atom stereocenters. The number of aliphatic hydroxyl groups excluding tert-OH is 1. The van der Waals surface area contributed by atoms with Crippen LogP contribution >= 0.6 is 0 Å². The molecule has 0 spiro atoms. The smallest absolute Gasteiger partial charge is 0.0808 e. The van der Waals surface area contributed by atoms with Crippen LogP contribution in [-0.2, 0) is 6.42 Å². The van der Waals surface area contributed by atoms with E-state index in [2.05, 4.69) is 9.97 Å². The summed E-state index contributed by atoms with van der Waals surface area (Å²) in [5, 5.41) is 11.3. The molecule has 0 bridgehead atoms. The van der Waals surface area contributed by atoms with Crippen molar-refractivity contribution in [3.05, 3.63) is 72.2 Å². The summed E-state index contributed by atoms with van der Waals surface area (Å²) in [7, 11) is 0. The molecule has 2 aromatic heterocycles. The average Bonchev–Trinajstić information content (AvgIpc) is 2.53. The number of benzene rings is 1. The third kappa shape index (κ3) is 2.83. The topological polar surface area (TPSA) is 46.0 Å². The molecule has 100 valence electrons. The third-order valence-corrected chi connectivity index (χ3v) is 3.45. The van der Waals surface area contributed by atoms with Crippen LogP contribution < -0.4 is 0 Å². The van der Waals surface area contributed by atoms with E-state index in [1.54, 1.807) is 18.6 Å². The maximum atomic E-state index is 10.3. The van der Waals surface area contributed by atoms with Crippen LogP contribution in [0.3, 0.4) is 0 Å². The summed E-state index contributed by atoms with van der Waals surface area (Å²) in [5.74, 6) is 0. The first-order chi connectivity index (χ1) is 9.83. The van der Waals surface area contributed by atoms with E-state index in [1.807, 2.05) is 42.5 Å². The maximum Gasteiger partial charge on any atom is 0.0808 e. The quantitative estimate of drug-likeness (QED) is 0.786. The molecule has 2 heterocycles. The fraction of sp³-hybridized carbons (Fsp3) is 0.176. The summed E-state index contributed by atoms with van der Waals surface area (Å²) >= 11 is 0. The number of aryl methyl sites for hydroxylation is 1. The average molecular weight is 264 g/mol. The maximum absolute atomic E-state index is 10.3. The highest BCUT2D eigenvalue weighted by Gasteiger charge is 2.09. The summed E-state index contributed by atoms with van der Waals surface area (Å²) in [6.07, 6.45) is 6.35. The molecule has 3 aromatic rings. The van der Waals surface area contributed by atoms with Crippen molar-refractivity contribution in [1.29, 1.82) is 0 Å². The van der Waals surface area contributed by atoms with E-state index in [4.69, 9.17) is 0 Å². The van der Waals surface area contributed by atoms with Gasteiger partial charge in [-0.2, -0.15) is 0 Å². The first-order valence-electron chi connectivity index (χ1n) is 6.74. The van der Waals surface area contributed by atoms with E-state index < -0.39 is 6.10 Å². The molecular weight excluding hydrogens is 248 g/mol. The van der Waals surface area contributed by atoms with Crippen molar-refractivity contribution in [2.24, 2.45) is 0 Å². The number of fused-ring (bicyclic) bond motifs is 1. The van der Waals surface area contributed by atoms with Gasteiger partial charge < -0.3 is 5.11 Å². The zero-order chi connectivity index (χ0) is 13.8. The Labute approximate surface area is 117 Å². The lowest BCUT2D eigenvalue weighted by Crippen LogP contribution is -2.00. The molecule has 0 aliphatic rings. The molecular formula is C17H16N2O. The van der Waals surface area contributed by atoms with E-state index >= 15 is 0 Å². The Bertz CT molecular complexity index is 697. The minimum Gasteiger partial charge on any atom is -0.388 e. The van der Waals surface area contributed by atoms with Crippen molar-refractivity contribution in [1.82, 2.24) is 9.97 Å². The second kappa shape index (κ2) is 5.80. The summed E-state index contributed by atoms with van der Waals surface area (Å²) < 4.78 is 0. The minimum atomic E-state index is -0.486. The summed E-state index contributed by atoms with van der Waals surface area (Å²) in [4.78, 5) is 8.38. The van der Waals surface area contributed by atoms with Crippen LogP contribution in [0.15, 0.2) is 61.1 Å². The minimum absolute atomic E-state index is 0.486. The Morgan fingerprint density at radius 2 is 1.85 bits per heavy atom. The van der Waals surface area contributed by atoms with Crippen LogP contribution in [0, 0.1) is 0 Å². The first kappa shape index (κ1) is 12.8. The molecule has 1 N–H and O–H groups in total. The lowest BCUT2D eigenvalue weighted by Gasteiger charge is -2.11. The number of nitrogens with zero attached hydrogens (tertiary/aromatic N) is 2. The Balaban J connectivity index is 1.73. The number of aromatic nitrogens is 2. The lowest BCUT2D eigenvalue weighted by molar-refractivity contribution is 0.167. The summed E-state index contributed by atoms with van der Waals surface area (Å²) in [6.45, 7) is 0. The summed E-state index contributed by atoms with van der Waals surface area (Å²) in [6, 6.07) is 13.9. The predicted octanol–water partition coefficient (Wildman–Crippen LogP) is 3.30. The largest absolute Gasteiger partial charge is 0.388 e. The van der Waals surface area contributed by atoms with Gasteiger partial charge in [0.05, 0.1) is 11.6 Å². The van der Waals surface area contributed by atoms with E-state index in [-0.39, 0.29) is 0 Å². The molecule has 0 amide bonds. The number of aliphatic hydroxyl groups is 1. The van der Waals surface area contributed by atoms with E-state index in [9.17, 15) is 5.11 Å². The van der Waals surface area contributed by atoms with Gasteiger partial charge in [-0.3, -0.25) is 9.97 Å². The van der Waals surface area contributed by atoms with Crippen LogP contribution in [0.25, 0.3) is 10.9 Å². The van der Waals surface area contributed by atoms with E-state index in [0.717, 1.165) is 22.9 Å². The zero-order valence-electron chi connectivity index (χ0n) is 11.1. The van der Waals surface area contributed by atoms with Crippen LogP contribution in [0.1, 0.15) is 23.7 Å². The molecule has 0 fully saturated rings. The highest BCUT2D eigenvalue weighted by molar-refractivity contribution is 5.78. The molecule has 20 heavy (non-hydrogen) atoms. The van der Waals surface area contributed by atoms with Gasteiger partial charge in [0.1, 0.15) is 0 Å². The van der Waals surface area contributed by atoms with Gasteiger partial charge in [-0.25, -0.2) is 0 Å². The molecule has 1 unspecified atom stereocenters. The third-order valence-electron chi connectivity index (χ3n) is 3.45. The van der Waals surface area contributed by atoms with Gasteiger partial charge in [0.25, 0.3) is 0 Å². The van der Waals surface area contributed by atoms with E-state index in [1.165, 1.54) is 5.56 Å². The standard InChI is InChI=1S/C17H16N2O/c20-17(6-5-13-7-9-18-10-8-13)15-11-14-3-1-2-4-16(14)19-12-15/h1-4,7-12,17,20H,5-6H2. The van der Waals surface area contributed by atoms with Crippen LogP contribution in [0.5, 0.6) is 0 Å². The first-order valence-corrected chi connectivity index (χ1v) is 6.74. The number of hydrogen-bond donors (Lipinski definition) is 1. The van der Waals surface area contributed by atoms with Gasteiger partial charge in [0.2, 0.25) is 0 Å². The van der Waals surface area contributed by atoms with Crippen molar-refractivity contribution in [2.75, 3.05) is 0 Å². The molecule has 3 rings (SSSR count). The highest BCUT2D eigenvalue weighted by atomic mass is 16.3. The Morgan fingerprint density at radius 3 is 2.70 bits per heavy atom. The molecule has 0 aliphatic heterocycles. The second-order valence-electron chi connectivity index (χ2n) is 4.87. The predicted molar refractivity (Wildman–Crippen MR) is 79.3 cm³/mol. The van der Waals surface area contributed by atoms with Gasteiger partial charge in [0, 0.05) is 24.0 Å². The van der Waals surface area contributed by atoms with Crippen LogP contribution in [-0.4, -0.2) is 15.1 Å². The zero-order valence-corrected chi connectivity index (χ0v) is 11.1. The van der Waals surface area contributed by atoms with Crippen molar-refractivity contribution >= 4 is 10.9 Å². The number of rotatable bonds is 4. The van der Waals surface area contributed by atoms with Crippen LogP contribution in [0.2, 0.25) is 0 Å². The lowest BCUT2D eigenvalue weighted by atomic mass is 10.0. The highest BCUT2D eigenvalue weighted by Crippen LogP contribution is 2.21. The van der Waals surface area contributed by atoms with Crippen molar-refractivity contribution < 1.29 is 5.11 Å². The Kier molecular flexibility index (Phi) is 3.70. The molecule has 0 saturated carbocycles. The van der Waals surface area contributed by atoms with Gasteiger partial charge in [-0.1, -0.05) is 18.2 Å². The van der Waals surface area contributed by atoms with Crippen molar-refractivity contribution in [2.45, 2.75) is 18.9 Å². The normalized spacial score (nSPS) is 12.4. The number of hydrogen-bond acceptors (Lipinski definition) is 3. The Morgan fingerprint density at radius 1 is 1.05 bits per heavy atom. The molecule has 0 aliphatic carbocycles. The fourth-order valence-corrected chi connectivity index (χ4v) is 2.29. The summed E-state index contributed by atoms with van der Waals surface area (Å²) in [5.41, 5.74) is 3.02. The van der Waals surface area contributed by atoms with E-state index in [0.29, 0.717) is 6.42 Å². The van der Waals surface area contributed by atoms with Gasteiger partial charge in [-0.15, -0.1) is 0 Å². The van der Waals surface area contributed by atoms with Gasteiger partial charge in [-0.05, 0) is 48.2 Å².